The molecule has 0 N–H and O–H groups in total. The summed E-state index contributed by atoms with van der Waals surface area (Å²) >= 11 is 0. The van der Waals surface area contributed by atoms with Gasteiger partial charge in [0.05, 0.1) is 6.61 Å². The van der Waals surface area contributed by atoms with Gasteiger partial charge in [0.15, 0.2) is 0 Å². The quantitative estimate of drug-likeness (QED) is 0.261. The molecule has 0 aliphatic rings. The third-order valence-corrected chi connectivity index (χ3v) is 0.820. The van der Waals surface area contributed by atoms with Gasteiger partial charge in [0.1, 0.15) is 0 Å². The molecule has 5 heteroatoms. The highest BCUT2D eigenvalue weighted by Crippen LogP contribution is 1.90. The summed E-state index contributed by atoms with van der Waals surface area (Å²) in [5.41, 5.74) is 0. The predicted molar refractivity (Wildman–Crippen MR) is 29.1 cm³/mol. The molecule has 0 spiro atoms. The van der Waals surface area contributed by atoms with E-state index in [9.17, 15) is 4.79 Å². The molecule has 0 unspecified atom stereocenters. The van der Waals surface area contributed by atoms with Gasteiger partial charge in [0.25, 0.3) is 0 Å². The van der Waals surface area contributed by atoms with Crippen LogP contribution in [-0.2, 0) is 19.9 Å². The second kappa shape index (κ2) is 6.31. The first kappa shape index (κ1) is 9.19. The van der Waals surface area contributed by atoms with Crippen molar-refractivity contribution in [3.05, 3.63) is 0 Å². The van der Waals surface area contributed by atoms with Crippen LogP contribution >= 0.6 is 0 Å². The molecule has 0 atom stereocenters. The lowest BCUT2D eigenvalue weighted by molar-refractivity contribution is -0.500. The van der Waals surface area contributed by atoms with Gasteiger partial charge in [-0.1, -0.05) is 13.3 Å². The zero-order valence-corrected chi connectivity index (χ0v) is 5.66. The average molecular weight is 149 g/mol. The molecular formula is C5H9O5. The average Bonchev–Trinajstić information content (AvgIpc) is 1.89. The van der Waals surface area contributed by atoms with Crippen molar-refractivity contribution < 1.29 is 24.7 Å². The van der Waals surface area contributed by atoms with Crippen LogP contribution in [0.5, 0.6) is 0 Å². The van der Waals surface area contributed by atoms with Gasteiger partial charge >= 0.3 is 6.16 Å². The molecule has 0 rings (SSSR count). The van der Waals surface area contributed by atoms with E-state index in [-0.39, 0.29) is 6.61 Å². The highest BCUT2D eigenvalue weighted by molar-refractivity contribution is 5.58. The van der Waals surface area contributed by atoms with Gasteiger partial charge in [-0.15, -0.1) is 0 Å². The lowest BCUT2D eigenvalue weighted by Crippen LogP contribution is -2.06. The maximum Gasteiger partial charge on any atom is 0.542 e. The van der Waals surface area contributed by atoms with Crippen LogP contribution in [0.1, 0.15) is 19.8 Å². The maximum atomic E-state index is 10.1. The van der Waals surface area contributed by atoms with E-state index in [2.05, 4.69) is 14.7 Å². The Morgan fingerprint density at radius 2 is 2.20 bits per heavy atom. The van der Waals surface area contributed by atoms with E-state index in [0.717, 1.165) is 12.8 Å². The summed E-state index contributed by atoms with van der Waals surface area (Å²) < 4.78 is 4.34. The molecule has 0 heterocycles. The molecule has 0 amide bonds. The van der Waals surface area contributed by atoms with Gasteiger partial charge < -0.3 is 4.74 Å². The van der Waals surface area contributed by atoms with E-state index in [4.69, 9.17) is 5.26 Å². The van der Waals surface area contributed by atoms with Crippen molar-refractivity contribution in [3.63, 3.8) is 0 Å². The Bertz CT molecular complexity index is 92.0. The molecule has 0 fully saturated rings. The molecule has 0 aliphatic heterocycles. The Labute approximate surface area is 58.4 Å². The summed E-state index contributed by atoms with van der Waals surface area (Å²) in [6.07, 6.45) is 0.558. The summed E-state index contributed by atoms with van der Waals surface area (Å²) in [5, 5.41) is 12.0. The van der Waals surface area contributed by atoms with Crippen LogP contribution in [0, 0.1) is 0 Å². The second-order valence-corrected chi connectivity index (χ2v) is 1.60. The van der Waals surface area contributed by atoms with Crippen molar-refractivity contribution in [1.82, 2.24) is 0 Å². The minimum atomic E-state index is -1.09. The van der Waals surface area contributed by atoms with Crippen LogP contribution in [0.2, 0.25) is 0 Å². The summed E-state index contributed by atoms with van der Waals surface area (Å²) in [4.78, 5) is 13.6. The molecular weight excluding hydrogens is 140 g/mol. The first-order valence-corrected chi connectivity index (χ1v) is 2.94. The second-order valence-electron chi connectivity index (χ2n) is 1.60. The van der Waals surface area contributed by atoms with Crippen molar-refractivity contribution in [1.29, 1.82) is 0 Å². The van der Waals surface area contributed by atoms with Crippen molar-refractivity contribution in [3.8, 4) is 0 Å². The fraction of sp³-hybridized carbons (Fsp3) is 0.800. The number of hydrogen-bond donors (Lipinski definition) is 0. The van der Waals surface area contributed by atoms with Crippen LogP contribution in [0.3, 0.4) is 0 Å². The van der Waals surface area contributed by atoms with Gasteiger partial charge in [0.2, 0.25) is 0 Å². The first-order chi connectivity index (χ1) is 4.81. The Balaban J connectivity index is 3.05. The first-order valence-electron chi connectivity index (χ1n) is 2.94. The summed E-state index contributed by atoms with van der Waals surface area (Å²) in [7, 11) is 0. The van der Waals surface area contributed by atoms with E-state index in [1.54, 1.807) is 0 Å². The van der Waals surface area contributed by atoms with E-state index < -0.39 is 6.16 Å². The van der Waals surface area contributed by atoms with Crippen molar-refractivity contribution in [2.24, 2.45) is 0 Å². The predicted octanol–water partition coefficient (Wildman–Crippen LogP) is 1.22. The molecule has 0 saturated carbocycles. The standard InChI is InChI=1S/C5H9O5/c1-2-3-4-8-5(6)9-10-7/h2-4H2,1H3. The molecule has 59 valence electrons. The van der Waals surface area contributed by atoms with E-state index in [1.165, 1.54) is 0 Å². The highest BCUT2D eigenvalue weighted by Gasteiger charge is 2.02. The van der Waals surface area contributed by atoms with E-state index in [1.807, 2.05) is 6.92 Å². The Kier molecular flexibility index (Phi) is 5.80. The van der Waals surface area contributed by atoms with Crippen LogP contribution in [-0.4, -0.2) is 12.8 Å². The summed E-state index contributed by atoms with van der Waals surface area (Å²) in [6.45, 7) is 2.19. The highest BCUT2D eigenvalue weighted by atomic mass is 17.5. The third-order valence-electron chi connectivity index (χ3n) is 0.820. The smallest absolute Gasteiger partial charge is 0.432 e. The fourth-order valence-electron chi connectivity index (χ4n) is 0.352. The molecule has 0 aromatic rings. The summed E-state index contributed by atoms with van der Waals surface area (Å²) in [5.74, 6) is 0. The normalized spacial score (nSPS) is 9.00. The zero-order valence-electron chi connectivity index (χ0n) is 5.66. The van der Waals surface area contributed by atoms with Crippen LogP contribution < -0.4 is 0 Å². The molecule has 10 heavy (non-hydrogen) atoms. The molecule has 0 aromatic carbocycles. The van der Waals surface area contributed by atoms with Gasteiger partial charge in [-0.25, -0.2) is 9.68 Å². The molecule has 1 radical (unpaired) electrons. The van der Waals surface area contributed by atoms with E-state index in [0.29, 0.717) is 0 Å². The lowest BCUT2D eigenvalue weighted by Gasteiger charge is -1.98. The molecule has 5 nitrogen and oxygen atoms in total. The SMILES string of the molecule is CCCCOC(=O)OO[O]. The Morgan fingerprint density at radius 1 is 1.50 bits per heavy atom. The molecule has 0 saturated heterocycles. The minimum absolute atomic E-state index is 0.249. The van der Waals surface area contributed by atoms with Crippen molar-refractivity contribution in [2.75, 3.05) is 6.61 Å². The third kappa shape index (κ3) is 5.33. The van der Waals surface area contributed by atoms with E-state index >= 15 is 0 Å². The van der Waals surface area contributed by atoms with Gasteiger partial charge in [-0.3, -0.25) is 0 Å². The van der Waals surface area contributed by atoms with Gasteiger partial charge in [-0.05, 0) is 6.42 Å². The minimum Gasteiger partial charge on any atom is -0.432 e. The number of unbranched alkanes of at least 4 members (excludes halogenated alkanes) is 1. The number of hydrogen-bond acceptors (Lipinski definition) is 4. The summed E-state index contributed by atoms with van der Waals surface area (Å²) in [6, 6.07) is 0. The Morgan fingerprint density at radius 3 is 2.70 bits per heavy atom. The number of ether oxygens (including phenoxy) is 1. The molecule has 0 bridgehead atoms. The van der Waals surface area contributed by atoms with Crippen LogP contribution in [0.15, 0.2) is 0 Å². The van der Waals surface area contributed by atoms with Crippen LogP contribution in [0.25, 0.3) is 0 Å². The monoisotopic (exact) mass is 149 g/mol. The molecule has 0 aromatic heterocycles. The molecule has 0 aliphatic carbocycles. The zero-order chi connectivity index (χ0) is 7.82. The lowest BCUT2D eigenvalue weighted by atomic mass is 10.4. The number of carbonyl (C=O) groups excluding carboxylic acids is 1. The van der Waals surface area contributed by atoms with Gasteiger partial charge in [0, 0.05) is 10.3 Å². The number of rotatable bonds is 4. The fourth-order valence-corrected chi connectivity index (χ4v) is 0.352. The van der Waals surface area contributed by atoms with Crippen molar-refractivity contribution >= 4 is 6.16 Å². The van der Waals surface area contributed by atoms with Gasteiger partial charge in [-0.2, -0.15) is 0 Å². The topological polar surface area (TPSA) is 64.7 Å². The van der Waals surface area contributed by atoms with Crippen LogP contribution in [0.4, 0.5) is 4.79 Å². The largest absolute Gasteiger partial charge is 0.542 e. The maximum absolute atomic E-state index is 10.1. The van der Waals surface area contributed by atoms with Crippen molar-refractivity contribution in [2.45, 2.75) is 19.8 Å². The number of carbonyl (C=O) groups is 1. The Hall–Kier alpha value is -0.810.